The molecule has 4 aromatic rings. The molecular weight excluding hydrogens is 532 g/mol. The quantitative estimate of drug-likeness (QED) is 0.230. The highest BCUT2D eigenvalue weighted by Crippen LogP contribution is 2.48. The average Bonchev–Trinajstić information content (AvgIpc) is 2.90. The summed E-state index contributed by atoms with van der Waals surface area (Å²) < 4.78 is 76.6. The van der Waals surface area contributed by atoms with Crippen LogP contribution in [0.15, 0.2) is 54.9 Å². The molecule has 0 aliphatic carbocycles. The van der Waals surface area contributed by atoms with Gasteiger partial charge in [-0.1, -0.05) is 12.1 Å². The number of hydrogen-bond acceptors (Lipinski definition) is 7. The van der Waals surface area contributed by atoms with Crippen molar-refractivity contribution in [3.63, 3.8) is 0 Å². The number of alkyl halides is 3. The number of rotatable bonds is 8. The molecule has 0 bridgehead atoms. The second-order valence-electron chi connectivity index (χ2n) is 9.41. The van der Waals surface area contributed by atoms with Gasteiger partial charge in [-0.25, -0.2) is 14.4 Å². The van der Waals surface area contributed by atoms with Crippen molar-refractivity contribution in [3.8, 4) is 28.9 Å². The van der Waals surface area contributed by atoms with Crippen molar-refractivity contribution in [1.82, 2.24) is 9.97 Å². The summed E-state index contributed by atoms with van der Waals surface area (Å²) in [4.78, 5) is 21.1. The van der Waals surface area contributed by atoms with Crippen molar-refractivity contribution in [3.05, 3.63) is 77.4 Å². The summed E-state index contributed by atoms with van der Waals surface area (Å²) >= 11 is 0. The largest absolute Gasteiger partial charge is 0.487 e. The second-order valence-corrected chi connectivity index (χ2v) is 9.41. The fourth-order valence-corrected chi connectivity index (χ4v) is 4.28. The maximum atomic E-state index is 14.0. The van der Waals surface area contributed by atoms with Crippen LogP contribution in [0.5, 0.6) is 28.9 Å². The summed E-state index contributed by atoms with van der Waals surface area (Å²) in [5.74, 6) is 0.705. The molecule has 3 aromatic carbocycles. The van der Waals surface area contributed by atoms with Crippen molar-refractivity contribution < 1.29 is 41.3 Å². The number of aromatic nitrogens is 2. The topological polar surface area (TPSA) is 79.8 Å². The molecule has 0 atom stereocenters. The molecular formula is C29H24F4N2O5. The van der Waals surface area contributed by atoms with Crippen molar-refractivity contribution in [2.75, 3.05) is 13.2 Å². The zero-order valence-corrected chi connectivity index (χ0v) is 21.5. The smallest absolute Gasteiger partial charge is 0.416 e. The van der Waals surface area contributed by atoms with E-state index in [2.05, 4.69) is 9.97 Å². The number of hydrogen-bond donors (Lipinski definition) is 0. The molecule has 0 amide bonds. The number of ether oxygens (including phenoxy) is 4. The molecule has 7 nitrogen and oxygen atoms in total. The summed E-state index contributed by atoms with van der Waals surface area (Å²) in [5, 5.41) is 0.510. The van der Waals surface area contributed by atoms with Crippen LogP contribution in [0.3, 0.4) is 0 Å². The molecule has 1 aliphatic rings. The third-order valence-electron chi connectivity index (χ3n) is 6.01. The lowest BCUT2D eigenvalue weighted by molar-refractivity contribution is -0.137. The molecule has 0 saturated heterocycles. The standard InChI is InChI=1S/C29H24F4N2O5/c1-16(2)39-24-14-23-25(27-26(24)37-9-10-38-27)28(35-15-34-23)40-21-6-3-17(4-7-21)11-20(36)13-18-12-19(29(31,32)33)5-8-22(18)30/h3-8,12,14-16H,9-11,13H2,1-2H3. The van der Waals surface area contributed by atoms with Crippen LogP contribution in [0.1, 0.15) is 30.5 Å². The third kappa shape index (κ3) is 5.93. The van der Waals surface area contributed by atoms with E-state index < -0.39 is 29.8 Å². The lowest BCUT2D eigenvalue weighted by Gasteiger charge is -2.24. The average molecular weight is 557 g/mol. The van der Waals surface area contributed by atoms with Crippen LogP contribution < -0.4 is 18.9 Å². The maximum absolute atomic E-state index is 14.0. The Morgan fingerprint density at radius 2 is 1.70 bits per heavy atom. The Hall–Kier alpha value is -4.41. The Balaban J connectivity index is 1.33. The first-order valence-electron chi connectivity index (χ1n) is 12.5. The number of carbonyl (C=O) groups is 1. The van der Waals surface area contributed by atoms with E-state index in [0.717, 1.165) is 6.07 Å². The molecule has 1 aliphatic heterocycles. The minimum atomic E-state index is -4.63. The van der Waals surface area contributed by atoms with E-state index >= 15 is 0 Å². The van der Waals surface area contributed by atoms with Gasteiger partial charge < -0.3 is 18.9 Å². The molecule has 0 fully saturated rings. The maximum Gasteiger partial charge on any atom is 0.416 e. The molecule has 40 heavy (non-hydrogen) atoms. The Kier molecular flexibility index (Phi) is 7.46. The van der Waals surface area contributed by atoms with Crippen molar-refractivity contribution in [2.45, 2.75) is 39.0 Å². The monoisotopic (exact) mass is 556 g/mol. The third-order valence-corrected chi connectivity index (χ3v) is 6.01. The number of Topliss-reactive ketones (excluding diaryl/α,β-unsaturated/α-hetero) is 1. The van der Waals surface area contributed by atoms with Crippen molar-refractivity contribution >= 4 is 16.7 Å². The molecule has 0 N–H and O–H groups in total. The van der Waals surface area contributed by atoms with E-state index in [-0.39, 0.29) is 24.0 Å². The van der Waals surface area contributed by atoms with Gasteiger partial charge in [0.1, 0.15) is 42.3 Å². The van der Waals surface area contributed by atoms with E-state index in [1.54, 1.807) is 30.3 Å². The predicted octanol–water partition coefficient (Wildman–Crippen LogP) is 6.49. The molecule has 0 saturated carbocycles. The Morgan fingerprint density at radius 3 is 2.40 bits per heavy atom. The van der Waals surface area contributed by atoms with Gasteiger partial charge in [-0.2, -0.15) is 13.2 Å². The lowest BCUT2D eigenvalue weighted by atomic mass is 10.0. The number of nitrogens with zero attached hydrogens (tertiary/aromatic N) is 2. The van der Waals surface area contributed by atoms with Crippen LogP contribution in [0.25, 0.3) is 10.9 Å². The van der Waals surface area contributed by atoms with E-state index in [1.807, 2.05) is 13.8 Å². The Bertz CT molecular complexity index is 1560. The minimum absolute atomic E-state index is 0.0935. The van der Waals surface area contributed by atoms with Crippen LogP contribution >= 0.6 is 0 Å². The summed E-state index contributed by atoms with van der Waals surface area (Å²) in [6.45, 7) is 4.48. The van der Waals surface area contributed by atoms with Gasteiger partial charge in [0.05, 0.1) is 17.2 Å². The van der Waals surface area contributed by atoms with E-state index in [0.29, 0.717) is 64.8 Å². The van der Waals surface area contributed by atoms with Crippen LogP contribution in [-0.4, -0.2) is 35.1 Å². The highest BCUT2D eigenvalue weighted by Gasteiger charge is 2.31. The van der Waals surface area contributed by atoms with Gasteiger partial charge in [0.15, 0.2) is 11.5 Å². The predicted molar refractivity (Wildman–Crippen MR) is 137 cm³/mol. The van der Waals surface area contributed by atoms with Gasteiger partial charge in [-0.15, -0.1) is 0 Å². The van der Waals surface area contributed by atoms with E-state index in [9.17, 15) is 22.4 Å². The number of benzene rings is 3. The van der Waals surface area contributed by atoms with Crippen molar-refractivity contribution in [1.29, 1.82) is 0 Å². The first-order chi connectivity index (χ1) is 19.1. The molecule has 5 rings (SSSR count). The van der Waals surface area contributed by atoms with E-state index in [1.165, 1.54) is 6.33 Å². The summed E-state index contributed by atoms with van der Waals surface area (Å²) in [6, 6.07) is 10.3. The van der Waals surface area contributed by atoms with Crippen LogP contribution in [-0.2, 0) is 23.8 Å². The summed E-state index contributed by atoms with van der Waals surface area (Å²) in [6.07, 6.45) is -3.93. The highest BCUT2D eigenvalue weighted by atomic mass is 19.4. The molecule has 208 valence electrons. The van der Waals surface area contributed by atoms with Gasteiger partial charge in [0.2, 0.25) is 11.6 Å². The van der Waals surface area contributed by atoms with Gasteiger partial charge >= 0.3 is 6.18 Å². The van der Waals surface area contributed by atoms with Crippen molar-refractivity contribution in [2.24, 2.45) is 0 Å². The summed E-state index contributed by atoms with van der Waals surface area (Å²) in [5.41, 5.74) is -0.181. The molecule has 0 spiro atoms. The molecule has 2 heterocycles. The first kappa shape index (κ1) is 27.2. The van der Waals surface area contributed by atoms with E-state index in [4.69, 9.17) is 18.9 Å². The van der Waals surface area contributed by atoms with Gasteiger partial charge in [0, 0.05) is 18.9 Å². The van der Waals surface area contributed by atoms with Crippen LogP contribution in [0, 0.1) is 5.82 Å². The Morgan fingerprint density at radius 1 is 0.975 bits per heavy atom. The minimum Gasteiger partial charge on any atom is -0.487 e. The lowest BCUT2D eigenvalue weighted by Crippen LogP contribution is -2.18. The second kappa shape index (κ2) is 11.0. The fourth-order valence-electron chi connectivity index (χ4n) is 4.28. The highest BCUT2D eigenvalue weighted by molar-refractivity contribution is 5.94. The molecule has 0 radical (unpaired) electrons. The van der Waals surface area contributed by atoms with Gasteiger partial charge in [-0.05, 0) is 55.3 Å². The molecule has 0 unspecified atom stereocenters. The number of ketones is 1. The van der Waals surface area contributed by atoms with Crippen LogP contribution in [0.2, 0.25) is 0 Å². The number of fused-ring (bicyclic) bond motifs is 3. The zero-order chi connectivity index (χ0) is 28.4. The number of halogens is 4. The molecule has 11 heteroatoms. The molecule has 1 aromatic heterocycles. The zero-order valence-electron chi connectivity index (χ0n) is 21.5. The Labute approximate surface area is 226 Å². The first-order valence-corrected chi connectivity index (χ1v) is 12.5. The SMILES string of the molecule is CC(C)Oc1cc2ncnc(Oc3ccc(CC(=O)Cc4cc(C(F)(F)F)ccc4F)cc3)c2c2c1OCCO2. The van der Waals surface area contributed by atoms with Gasteiger partial charge in [-0.3, -0.25) is 4.79 Å². The fraction of sp³-hybridized carbons (Fsp3) is 0.276. The summed E-state index contributed by atoms with van der Waals surface area (Å²) in [7, 11) is 0. The number of carbonyl (C=O) groups excluding carboxylic acids is 1. The van der Waals surface area contributed by atoms with Crippen LogP contribution in [0.4, 0.5) is 17.6 Å². The normalized spacial score (nSPS) is 13.0. The van der Waals surface area contributed by atoms with Gasteiger partial charge in [0.25, 0.3) is 0 Å².